The van der Waals surface area contributed by atoms with Crippen LogP contribution in [0.25, 0.3) is 11.1 Å². The van der Waals surface area contributed by atoms with Gasteiger partial charge >= 0.3 is 94.3 Å². The van der Waals surface area contributed by atoms with Crippen molar-refractivity contribution in [3.63, 3.8) is 0 Å². The van der Waals surface area contributed by atoms with E-state index < -0.39 is 0 Å². The predicted octanol–water partition coefficient (Wildman–Crippen LogP) is 2.11. The number of hydrogen-bond acceptors (Lipinski definition) is 1. The molecule has 0 atom stereocenters. The van der Waals surface area contributed by atoms with Gasteiger partial charge in [-0.15, -0.1) is 0 Å². The molecule has 0 aromatic heterocycles. The molecule has 0 heterocycles. The van der Waals surface area contributed by atoms with E-state index in [4.69, 9.17) is 5.73 Å². The molecule has 2 aromatic carbocycles. The van der Waals surface area contributed by atoms with Crippen LogP contribution in [0.5, 0.6) is 0 Å². The molecule has 0 spiro atoms. The van der Waals surface area contributed by atoms with Crippen molar-refractivity contribution < 1.29 is 19.2 Å². The number of benzene rings is 2. The van der Waals surface area contributed by atoms with Gasteiger partial charge in [0.2, 0.25) is 0 Å². The fourth-order valence-corrected chi connectivity index (χ4v) is 1.85. The maximum atomic E-state index is 5.82. The van der Waals surface area contributed by atoms with Crippen molar-refractivity contribution in [1.82, 2.24) is 0 Å². The van der Waals surface area contributed by atoms with Crippen LogP contribution in [0.15, 0.2) is 48.5 Å². The molecule has 2 heteroatoms. The summed E-state index contributed by atoms with van der Waals surface area (Å²) in [4.78, 5) is 0. The Balaban J connectivity index is 2.58. The molecule has 2 aromatic rings. The number of rotatable bonds is 1. The van der Waals surface area contributed by atoms with Gasteiger partial charge in [-0.25, -0.2) is 0 Å². The third kappa shape index (κ3) is 1.72. The molecular weight excluding hydrogens is 265 g/mol. The molecule has 2 N–H and O–H groups in total. The zero-order valence-electron chi connectivity index (χ0n) is 7.51. The Labute approximate surface area is 94.4 Å². The van der Waals surface area contributed by atoms with Crippen LogP contribution in [0.2, 0.25) is 0 Å². The van der Waals surface area contributed by atoms with E-state index in [1.807, 2.05) is 30.3 Å². The van der Waals surface area contributed by atoms with Gasteiger partial charge in [-0.05, 0) is 0 Å². The van der Waals surface area contributed by atoms with E-state index in [0.717, 1.165) is 15.3 Å². The summed E-state index contributed by atoms with van der Waals surface area (Å²) in [7, 11) is 0. The van der Waals surface area contributed by atoms with E-state index in [9.17, 15) is 0 Å². The van der Waals surface area contributed by atoms with Crippen LogP contribution in [0, 0.1) is 0 Å². The Morgan fingerprint density at radius 1 is 0.857 bits per heavy atom. The Morgan fingerprint density at radius 2 is 1.57 bits per heavy atom. The first-order chi connectivity index (χ1) is 6.79. The Hall–Kier alpha value is -1.10. The van der Waals surface area contributed by atoms with Gasteiger partial charge in [0.25, 0.3) is 0 Å². The van der Waals surface area contributed by atoms with Gasteiger partial charge < -0.3 is 0 Å². The molecule has 0 saturated heterocycles. The van der Waals surface area contributed by atoms with E-state index in [1.54, 1.807) is 0 Å². The first-order valence-electron chi connectivity index (χ1n) is 4.35. The van der Waals surface area contributed by atoms with Crippen LogP contribution in [0.1, 0.15) is 0 Å². The van der Waals surface area contributed by atoms with Gasteiger partial charge in [0.15, 0.2) is 0 Å². The van der Waals surface area contributed by atoms with Gasteiger partial charge in [-0.1, -0.05) is 0 Å². The summed E-state index contributed by atoms with van der Waals surface area (Å²) in [5, 5.41) is 0. The summed E-state index contributed by atoms with van der Waals surface area (Å²) >= 11 is 3.20. The summed E-state index contributed by atoms with van der Waals surface area (Å²) in [5.74, 6) is 0. The fourth-order valence-electron chi connectivity index (χ4n) is 1.37. The van der Waals surface area contributed by atoms with E-state index in [2.05, 4.69) is 37.4 Å². The van der Waals surface area contributed by atoms with Crippen molar-refractivity contribution >= 4 is 9.72 Å². The molecule has 2 rings (SSSR count). The number of nitrogens with two attached hydrogens (primary N) is 1. The fraction of sp³-hybridized carbons (Fsp3) is 0. The molecule has 71 valence electrons. The first kappa shape index (κ1) is 9.46. The van der Waals surface area contributed by atoms with E-state index >= 15 is 0 Å². The second-order valence-electron chi connectivity index (χ2n) is 3.04. The van der Waals surface area contributed by atoms with Gasteiger partial charge in [-0.3, -0.25) is 0 Å². The molecule has 1 nitrogen and oxygen atoms in total. The predicted molar refractivity (Wildman–Crippen MR) is 55.9 cm³/mol. The van der Waals surface area contributed by atoms with Crippen molar-refractivity contribution in [2.45, 2.75) is 0 Å². The molecule has 14 heavy (non-hydrogen) atoms. The van der Waals surface area contributed by atoms with Gasteiger partial charge in [-0.2, -0.15) is 0 Å². The Bertz CT molecular complexity index is 437. The summed E-state index contributed by atoms with van der Waals surface area (Å²) in [6, 6.07) is 16.1. The zero-order chi connectivity index (χ0) is 9.97. The molecule has 0 radical (unpaired) electrons. The summed E-state index contributed by atoms with van der Waals surface area (Å²) in [6.07, 6.45) is 0. The summed E-state index contributed by atoms with van der Waals surface area (Å²) in [6.45, 7) is 0. The molecule has 0 fully saturated rings. The normalized spacial score (nSPS) is 10.1. The van der Waals surface area contributed by atoms with E-state index in [-0.39, 0.29) is 0 Å². The minimum atomic E-state index is 0.786. The Kier molecular flexibility index (Phi) is 2.67. The van der Waals surface area contributed by atoms with Crippen LogP contribution >= 0.6 is 0 Å². The third-order valence-electron chi connectivity index (χ3n) is 2.08. The second-order valence-corrected chi connectivity index (χ2v) is 3.82. The van der Waals surface area contributed by atoms with E-state index in [0.29, 0.717) is 0 Å². The quantitative estimate of drug-likeness (QED) is 0.626. The third-order valence-corrected chi connectivity index (χ3v) is 2.95. The van der Waals surface area contributed by atoms with Crippen LogP contribution < -0.4 is 9.77 Å². The summed E-state index contributed by atoms with van der Waals surface area (Å²) in [5.41, 5.74) is 8.94. The first-order valence-corrected chi connectivity index (χ1v) is 5.13. The van der Waals surface area contributed by atoms with E-state index in [1.165, 1.54) is 5.56 Å². The van der Waals surface area contributed by atoms with Crippen molar-refractivity contribution in [2.24, 2.45) is 0 Å². The van der Waals surface area contributed by atoms with Crippen LogP contribution in [0.3, 0.4) is 0 Å². The molecule has 0 bridgehead atoms. The average Bonchev–Trinajstić information content (AvgIpc) is 2.23. The number of anilines is 1. The SMILES string of the molecule is Nc1cccc(-c2ccccc2)[c]1[Pd+2]. The maximum absolute atomic E-state index is 5.82. The van der Waals surface area contributed by atoms with Crippen molar-refractivity contribution in [3.8, 4) is 11.1 Å². The molecule has 0 aliphatic heterocycles. The van der Waals surface area contributed by atoms with Gasteiger partial charge in [0.05, 0.1) is 0 Å². The van der Waals surface area contributed by atoms with Gasteiger partial charge in [0.1, 0.15) is 0 Å². The van der Waals surface area contributed by atoms with Crippen molar-refractivity contribution in [3.05, 3.63) is 48.5 Å². The summed E-state index contributed by atoms with van der Waals surface area (Å²) < 4.78 is 1.00. The second kappa shape index (κ2) is 3.96. The van der Waals surface area contributed by atoms with Crippen LogP contribution in [0.4, 0.5) is 5.69 Å². The minimum absolute atomic E-state index is 0.786. The van der Waals surface area contributed by atoms with Crippen molar-refractivity contribution in [2.75, 3.05) is 5.73 Å². The van der Waals surface area contributed by atoms with Gasteiger partial charge in [0, 0.05) is 0 Å². The number of nitrogen functional groups attached to an aromatic ring is 1. The molecule has 0 aliphatic rings. The van der Waals surface area contributed by atoms with Crippen LogP contribution in [-0.2, 0) is 19.2 Å². The Morgan fingerprint density at radius 3 is 2.29 bits per heavy atom. The van der Waals surface area contributed by atoms with Crippen molar-refractivity contribution in [1.29, 1.82) is 0 Å². The van der Waals surface area contributed by atoms with Crippen LogP contribution in [-0.4, -0.2) is 0 Å². The number of hydrogen-bond donors (Lipinski definition) is 1. The molecular formula is C12H10NPd+2. The average molecular weight is 275 g/mol. The molecule has 0 aliphatic carbocycles. The standard InChI is InChI=1S/C12H10N.Pd/c13-12-8-4-7-11(9-12)10-5-2-1-3-6-10;/h1-8H,13H2;/q;+2. The monoisotopic (exact) mass is 274 g/mol. The molecule has 0 saturated carbocycles. The molecule has 0 unspecified atom stereocenters. The molecule has 0 amide bonds. The topological polar surface area (TPSA) is 26.0 Å². The zero-order valence-corrected chi connectivity index (χ0v) is 9.07.